The number of H-pyrrole nitrogens is 1. The number of hydrogen-bond acceptors (Lipinski definition) is 4. The molecule has 6 nitrogen and oxygen atoms in total. The van der Waals surface area contributed by atoms with E-state index in [1.165, 1.54) is 12.4 Å². The lowest BCUT2D eigenvalue weighted by molar-refractivity contribution is 0.0950. The van der Waals surface area contributed by atoms with E-state index in [9.17, 15) is 4.79 Å². The highest BCUT2D eigenvalue weighted by atomic mass is 35.5. The number of nitrogens with two attached hydrogens (primary N) is 1. The molecule has 0 radical (unpaired) electrons. The van der Waals surface area contributed by atoms with Gasteiger partial charge in [0.1, 0.15) is 12.2 Å². The molecule has 0 saturated heterocycles. The molecule has 1 aromatic carbocycles. The maximum atomic E-state index is 11.7. The standard InChI is InChI=1S/C10H10ClN5O/c11-7-2-1-6(3-8(7)12)10(17)13-4-9-14-5-15-16-9/h1-3,5H,4,12H2,(H,13,17)(H,14,15,16). The van der Waals surface area contributed by atoms with Gasteiger partial charge in [-0.2, -0.15) is 5.10 Å². The molecule has 1 heterocycles. The van der Waals surface area contributed by atoms with Crippen molar-refractivity contribution in [3.05, 3.63) is 40.9 Å². The molecule has 0 spiro atoms. The number of aromatic nitrogens is 3. The molecule has 4 N–H and O–H groups in total. The molecule has 0 saturated carbocycles. The zero-order chi connectivity index (χ0) is 12.3. The summed E-state index contributed by atoms with van der Waals surface area (Å²) < 4.78 is 0. The van der Waals surface area contributed by atoms with Crippen LogP contribution in [0.2, 0.25) is 5.02 Å². The SMILES string of the molecule is Nc1cc(C(=O)NCc2ncn[nH]2)ccc1Cl. The van der Waals surface area contributed by atoms with Gasteiger partial charge in [0.05, 0.1) is 17.3 Å². The van der Waals surface area contributed by atoms with Gasteiger partial charge >= 0.3 is 0 Å². The first-order valence-corrected chi connectivity index (χ1v) is 5.22. The number of rotatable bonds is 3. The number of carbonyl (C=O) groups excluding carboxylic acids is 1. The molecular weight excluding hydrogens is 242 g/mol. The largest absolute Gasteiger partial charge is 0.398 e. The van der Waals surface area contributed by atoms with E-state index < -0.39 is 0 Å². The first-order valence-electron chi connectivity index (χ1n) is 4.84. The van der Waals surface area contributed by atoms with Gasteiger partial charge in [0.2, 0.25) is 0 Å². The van der Waals surface area contributed by atoms with Crippen LogP contribution in [0.25, 0.3) is 0 Å². The molecule has 0 bridgehead atoms. The Morgan fingerprint density at radius 2 is 2.35 bits per heavy atom. The first kappa shape index (κ1) is 11.4. The molecule has 0 atom stereocenters. The van der Waals surface area contributed by atoms with Crippen LogP contribution in [0.5, 0.6) is 0 Å². The van der Waals surface area contributed by atoms with Gasteiger partial charge in [-0.3, -0.25) is 9.89 Å². The quantitative estimate of drug-likeness (QED) is 0.708. The number of anilines is 1. The van der Waals surface area contributed by atoms with Crippen molar-refractivity contribution in [1.82, 2.24) is 20.5 Å². The number of nitrogens with zero attached hydrogens (tertiary/aromatic N) is 2. The summed E-state index contributed by atoms with van der Waals surface area (Å²) in [6.07, 6.45) is 1.38. The highest BCUT2D eigenvalue weighted by molar-refractivity contribution is 6.33. The van der Waals surface area contributed by atoms with Crippen LogP contribution in [0, 0.1) is 0 Å². The summed E-state index contributed by atoms with van der Waals surface area (Å²) in [6.45, 7) is 0.279. The van der Waals surface area contributed by atoms with Crippen LogP contribution in [0.3, 0.4) is 0 Å². The first-order chi connectivity index (χ1) is 8.16. The van der Waals surface area contributed by atoms with Crippen molar-refractivity contribution in [2.45, 2.75) is 6.54 Å². The van der Waals surface area contributed by atoms with Crippen LogP contribution in [0.1, 0.15) is 16.2 Å². The van der Waals surface area contributed by atoms with Gasteiger partial charge in [0, 0.05) is 5.56 Å². The third kappa shape index (κ3) is 2.73. The Morgan fingerprint density at radius 3 is 3.00 bits per heavy atom. The second-order valence-electron chi connectivity index (χ2n) is 3.35. The Morgan fingerprint density at radius 1 is 1.53 bits per heavy atom. The summed E-state index contributed by atoms with van der Waals surface area (Å²) in [5, 5.41) is 9.42. The zero-order valence-electron chi connectivity index (χ0n) is 8.77. The summed E-state index contributed by atoms with van der Waals surface area (Å²) in [4.78, 5) is 15.6. The summed E-state index contributed by atoms with van der Waals surface area (Å²) in [6, 6.07) is 4.71. The molecule has 1 aromatic heterocycles. The number of halogens is 1. The second-order valence-corrected chi connectivity index (χ2v) is 3.76. The normalized spacial score (nSPS) is 10.2. The lowest BCUT2D eigenvalue weighted by Crippen LogP contribution is -2.23. The number of nitrogens with one attached hydrogen (secondary N) is 2. The smallest absolute Gasteiger partial charge is 0.251 e. The molecule has 0 unspecified atom stereocenters. The summed E-state index contributed by atoms with van der Waals surface area (Å²) in [7, 11) is 0. The molecule has 17 heavy (non-hydrogen) atoms. The number of carbonyl (C=O) groups is 1. The van der Waals surface area contributed by atoms with Crippen molar-refractivity contribution < 1.29 is 4.79 Å². The van der Waals surface area contributed by atoms with E-state index in [0.29, 0.717) is 22.1 Å². The monoisotopic (exact) mass is 251 g/mol. The van der Waals surface area contributed by atoms with Crippen LogP contribution >= 0.6 is 11.6 Å². The topological polar surface area (TPSA) is 96.7 Å². The van der Waals surface area contributed by atoms with E-state index in [0.717, 1.165) is 0 Å². The van der Waals surface area contributed by atoms with Crippen molar-refractivity contribution in [3.8, 4) is 0 Å². The zero-order valence-corrected chi connectivity index (χ0v) is 9.53. The van der Waals surface area contributed by atoms with E-state index in [1.807, 2.05) is 0 Å². The third-order valence-electron chi connectivity index (χ3n) is 2.14. The van der Waals surface area contributed by atoms with Gasteiger partial charge in [-0.25, -0.2) is 4.98 Å². The Kier molecular flexibility index (Phi) is 3.24. The van der Waals surface area contributed by atoms with Crippen LogP contribution in [0.15, 0.2) is 24.5 Å². The predicted molar refractivity (Wildman–Crippen MR) is 63.4 cm³/mol. The fourth-order valence-electron chi connectivity index (χ4n) is 1.27. The van der Waals surface area contributed by atoms with E-state index in [4.69, 9.17) is 17.3 Å². The summed E-state index contributed by atoms with van der Waals surface area (Å²) >= 11 is 5.76. The molecule has 88 valence electrons. The van der Waals surface area contributed by atoms with Gasteiger partial charge in [0.15, 0.2) is 0 Å². The van der Waals surface area contributed by atoms with Crippen LogP contribution in [0.4, 0.5) is 5.69 Å². The van der Waals surface area contributed by atoms with E-state index in [-0.39, 0.29) is 12.5 Å². The highest BCUT2D eigenvalue weighted by Crippen LogP contribution is 2.19. The van der Waals surface area contributed by atoms with Gasteiger partial charge in [0.25, 0.3) is 5.91 Å². The fourth-order valence-corrected chi connectivity index (χ4v) is 1.38. The van der Waals surface area contributed by atoms with E-state index in [1.54, 1.807) is 12.1 Å². The number of benzene rings is 1. The molecular formula is C10H10ClN5O. The molecule has 2 rings (SSSR count). The van der Waals surface area contributed by atoms with Gasteiger partial charge < -0.3 is 11.1 Å². The Labute approximate surface area is 102 Å². The summed E-state index contributed by atoms with van der Waals surface area (Å²) in [5.74, 6) is 0.338. The Hall–Kier alpha value is -2.08. The number of aromatic amines is 1. The molecule has 0 fully saturated rings. The molecule has 7 heteroatoms. The van der Waals surface area contributed by atoms with Crippen molar-refractivity contribution in [2.75, 3.05) is 5.73 Å². The maximum Gasteiger partial charge on any atom is 0.251 e. The van der Waals surface area contributed by atoms with Gasteiger partial charge in [-0.05, 0) is 18.2 Å². The van der Waals surface area contributed by atoms with Crippen LogP contribution in [-0.2, 0) is 6.54 Å². The predicted octanol–water partition coefficient (Wildman–Crippen LogP) is 0.970. The number of amides is 1. The van der Waals surface area contributed by atoms with E-state index in [2.05, 4.69) is 20.5 Å². The lowest BCUT2D eigenvalue weighted by atomic mass is 10.2. The van der Waals surface area contributed by atoms with Crippen molar-refractivity contribution >= 4 is 23.2 Å². The lowest BCUT2D eigenvalue weighted by Gasteiger charge is -2.04. The van der Waals surface area contributed by atoms with Crippen molar-refractivity contribution in [1.29, 1.82) is 0 Å². The average molecular weight is 252 g/mol. The Bertz CT molecular complexity index is 525. The van der Waals surface area contributed by atoms with Crippen molar-refractivity contribution in [3.63, 3.8) is 0 Å². The van der Waals surface area contributed by atoms with Crippen LogP contribution in [-0.4, -0.2) is 21.1 Å². The van der Waals surface area contributed by atoms with Crippen molar-refractivity contribution in [2.24, 2.45) is 0 Å². The third-order valence-corrected chi connectivity index (χ3v) is 2.48. The number of hydrogen-bond donors (Lipinski definition) is 3. The van der Waals surface area contributed by atoms with Gasteiger partial charge in [-0.15, -0.1) is 0 Å². The van der Waals surface area contributed by atoms with E-state index >= 15 is 0 Å². The minimum atomic E-state index is -0.246. The molecule has 2 aromatic rings. The Balaban J connectivity index is 2.02. The van der Waals surface area contributed by atoms with Crippen LogP contribution < -0.4 is 11.1 Å². The average Bonchev–Trinajstić information content (AvgIpc) is 2.82. The minimum absolute atomic E-state index is 0.246. The maximum absolute atomic E-state index is 11.7. The minimum Gasteiger partial charge on any atom is -0.398 e. The summed E-state index contributed by atoms with van der Waals surface area (Å²) in [5.41, 5.74) is 6.43. The second kappa shape index (κ2) is 4.84. The molecule has 1 amide bonds. The molecule has 0 aliphatic rings. The molecule has 0 aliphatic heterocycles. The fraction of sp³-hybridized carbons (Fsp3) is 0.100. The van der Waals surface area contributed by atoms with Gasteiger partial charge in [-0.1, -0.05) is 11.6 Å². The number of nitrogen functional groups attached to an aromatic ring is 1. The highest BCUT2D eigenvalue weighted by Gasteiger charge is 2.07. The molecule has 0 aliphatic carbocycles.